The normalized spacial score (nSPS) is 15.7. The van der Waals surface area contributed by atoms with Gasteiger partial charge in [-0.05, 0) is 37.7 Å². The molecule has 0 radical (unpaired) electrons. The van der Waals surface area contributed by atoms with Crippen LogP contribution >= 0.6 is 11.5 Å². The smallest absolute Gasteiger partial charge is 0.0586 e. The third-order valence-corrected chi connectivity index (χ3v) is 3.47. The van der Waals surface area contributed by atoms with Crippen molar-refractivity contribution in [2.75, 3.05) is 0 Å². The van der Waals surface area contributed by atoms with Crippen LogP contribution in [0.25, 0.3) is 6.08 Å². The highest BCUT2D eigenvalue weighted by Gasteiger charge is 2.13. The quantitative estimate of drug-likeness (QED) is 0.645. The van der Waals surface area contributed by atoms with Crippen LogP contribution in [-0.4, -0.2) is 4.37 Å². The van der Waals surface area contributed by atoms with Gasteiger partial charge in [-0.3, -0.25) is 0 Å². The van der Waals surface area contributed by atoms with E-state index in [1.165, 1.54) is 35.4 Å². The summed E-state index contributed by atoms with van der Waals surface area (Å²) in [5, 5.41) is 0. The lowest BCUT2D eigenvalue weighted by atomic mass is 9.96. The van der Waals surface area contributed by atoms with Gasteiger partial charge in [0, 0.05) is 10.4 Å². The number of hydrogen-bond donors (Lipinski definition) is 0. The van der Waals surface area contributed by atoms with Gasteiger partial charge in [0.25, 0.3) is 0 Å². The van der Waals surface area contributed by atoms with Crippen LogP contribution < -0.4 is 0 Å². The van der Waals surface area contributed by atoms with Crippen LogP contribution in [0.15, 0.2) is 5.57 Å². The molecule has 64 valence electrons. The molecule has 0 unspecified atom stereocenters. The van der Waals surface area contributed by atoms with Gasteiger partial charge in [-0.2, -0.15) is 4.37 Å². The summed E-state index contributed by atoms with van der Waals surface area (Å²) in [6, 6.07) is 0. The molecule has 0 saturated carbocycles. The first-order valence-electron chi connectivity index (χ1n) is 4.46. The zero-order chi connectivity index (χ0) is 8.55. The van der Waals surface area contributed by atoms with Crippen molar-refractivity contribution < 1.29 is 0 Å². The Kier molecular flexibility index (Phi) is 2.01. The van der Waals surface area contributed by atoms with Crippen LogP contribution in [0.3, 0.4) is 0 Å². The average molecular weight is 179 g/mol. The third kappa shape index (κ3) is 1.20. The molecule has 0 saturated heterocycles. The van der Waals surface area contributed by atoms with Crippen molar-refractivity contribution in [3.63, 3.8) is 0 Å². The summed E-state index contributed by atoms with van der Waals surface area (Å²) < 4.78 is 4.36. The maximum atomic E-state index is 4.36. The molecule has 12 heavy (non-hydrogen) atoms. The van der Waals surface area contributed by atoms with E-state index in [0.29, 0.717) is 0 Å². The Morgan fingerprint density at radius 1 is 1.50 bits per heavy atom. The molecule has 1 aromatic rings. The van der Waals surface area contributed by atoms with Crippen molar-refractivity contribution in [2.45, 2.75) is 33.1 Å². The summed E-state index contributed by atoms with van der Waals surface area (Å²) >= 11 is 1.67. The van der Waals surface area contributed by atoms with E-state index < -0.39 is 0 Å². The van der Waals surface area contributed by atoms with E-state index in [9.17, 15) is 0 Å². The van der Waals surface area contributed by atoms with E-state index >= 15 is 0 Å². The predicted molar refractivity (Wildman–Crippen MR) is 53.4 cm³/mol. The number of aryl methyl sites for hydroxylation is 2. The fourth-order valence-electron chi connectivity index (χ4n) is 1.62. The number of rotatable bonds is 1. The largest absolute Gasteiger partial charge is 0.197 e. The van der Waals surface area contributed by atoms with E-state index in [1.807, 2.05) is 0 Å². The topological polar surface area (TPSA) is 12.9 Å². The van der Waals surface area contributed by atoms with Crippen molar-refractivity contribution >= 4 is 17.6 Å². The van der Waals surface area contributed by atoms with Gasteiger partial charge in [-0.15, -0.1) is 0 Å². The van der Waals surface area contributed by atoms with Gasteiger partial charge in [-0.25, -0.2) is 0 Å². The highest BCUT2D eigenvalue weighted by molar-refractivity contribution is 7.06. The van der Waals surface area contributed by atoms with E-state index in [-0.39, 0.29) is 0 Å². The first kappa shape index (κ1) is 7.99. The van der Waals surface area contributed by atoms with E-state index in [2.05, 4.69) is 24.3 Å². The Morgan fingerprint density at radius 2 is 2.33 bits per heavy atom. The molecule has 0 spiro atoms. The monoisotopic (exact) mass is 179 g/mol. The Bertz CT molecular complexity index is 323. The number of allylic oxidation sites excluding steroid dienone is 1. The molecular formula is C10H13NS. The van der Waals surface area contributed by atoms with Gasteiger partial charge >= 0.3 is 0 Å². The standard InChI is InChI=1S/C10H13NS/c1-3-8-4-5-10-9(6-8)7(2)11-12-10/h6H,3-5H2,1-2H3. The average Bonchev–Trinajstić information content (AvgIpc) is 2.47. The van der Waals surface area contributed by atoms with Crippen molar-refractivity contribution in [3.8, 4) is 0 Å². The summed E-state index contributed by atoms with van der Waals surface area (Å²) in [5.74, 6) is 0. The first-order valence-corrected chi connectivity index (χ1v) is 5.23. The second-order valence-corrected chi connectivity index (χ2v) is 4.12. The van der Waals surface area contributed by atoms with Gasteiger partial charge in [0.15, 0.2) is 0 Å². The molecule has 0 amide bonds. The lowest BCUT2D eigenvalue weighted by Gasteiger charge is -2.10. The van der Waals surface area contributed by atoms with Crippen LogP contribution in [0.1, 0.15) is 35.9 Å². The van der Waals surface area contributed by atoms with Gasteiger partial charge in [0.05, 0.1) is 5.69 Å². The highest BCUT2D eigenvalue weighted by Crippen LogP contribution is 2.30. The first-order chi connectivity index (χ1) is 5.81. The predicted octanol–water partition coefficient (Wildman–Crippen LogP) is 3.19. The maximum absolute atomic E-state index is 4.36. The lowest BCUT2D eigenvalue weighted by molar-refractivity contribution is 0.888. The SMILES string of the molecule is CCC1=Cc2c(C)nsc2CC1. The second-order valence-electron chi connectivity index (χ2n) is 3.26. The van der Waals surface area contributed by atoms with Crippen LogP contribution in [0, 0.1) is 6.92 Å². The molecule has 2 heteroatoms. The molecule has 1 heterocycles. The van der Waals surface area contributed by atoms with E-state index in [4.69, 9.17) is 0 Å². The fourth-order valence-corrected chi connectivity index (χ4v) is 2.46. The summed E-state index contributed by atoms with van der Waals surface area (Å²) in [4.78, 5) is 1.48. The molecule has 1 aromatic heterocycles. The van der Waals surface area contributed by atoms with Crippen molar-refractivity contribution in [3.05, 3.63) is 21.7 Å². The third-order valence-electron chi connectivity index (χ3n) is 2.46. The van der Waals surface area contributed by atoms with Crippen LogP contribution in [0.4, 0.5) is 0 Å². The van der Waals surface area contributed by atoms with Crippen LogP contribution in [0.5, 0.6) is 0 Å². The van der Waals surface area contributed by atoms with Gasteiger partial charge in [0.2, 0.25) is 0 Å². The highest BCUT2D eigenvalue weighted by atomic mass is 32.1. The number of fused-ring (bicyclic) bond motifs is 1. The minimum Gasteiger partial charge on any atom is -0.197 e. The number of hydrogen-bond acceptors (Lipinski definition) is 2. The molecule has 0 aromatic carbocycles. The molecule has 0 bridgehead atoms. The number of aromatic nitrogens is 1. The van der Waals surface area contributed by atoms with Crippen molar-refractivity contribution in [1.82, 2.24) is 4.37 Å². The number of nitrogens with zero attached hydrogens (tertiary/aromatic N) is 1. The van der Waals surface area contributed by atoms with Crippen LogP contribution in [0.2, 0.25) is 0 Å². The van der Waals surface area contributed by atoms with E-state index in [1.54, 1.807) is 17.1 Å². The van der Waals surface area contributed by atoms with Crippen molar-refractivity contribution in [1.29, 1.82) is 0 Å². The minimum atomic E-state index is 1.19. The summed E-state index contributed by atoms with van der Waals surface area (Å²) in [6.45, 7) is 4.33. The Morgan fingerprint density at radius 3 is 3.08 bits per heavy atom. The molecule has 0 fully saturated rings. The molecule has 0 aliphatic heterocycles. The second kappa shape index (κ2) is 3.02. The van der Waals surface area contributed by atoms with E-state index in [0.717, 1.165) is 0 Å². The Labute approximate surface area is 77.3 Å². The zero-order valence-corrected chi connectivity index (χ0v) is 8.37. The molecular weight excluding hydrogens is 166 g/mol. The molecule has 1 nitrogen and oxygen atoms in total. The van der Waals surface area contributed by atoms with Crippen LogP contribution in [-0.2, 0) is 6.42 Å². The molecule has 0 N–H and O–H groups in total. The molecule has 1 aliphatic rings. The van der Waals surface area contributed by atoms with Gasteiger partial charge in [-0.1, -0.05) is 18.6 Å². The fraction of sp³-hybridized carbons (Fsp3) is 0.500. The Hall–Kier alpha value is -0.630. The molecule has 1 aliphatic carbocycles. The lowest BCUT2D eigenvalue weighted by Crippen LogP contribution is -1.95. The summed E-state index contributed by atoms with van der Waals surface area (Å²) in [5.41, 5.74) is 4.19. The molecule has 2 rings (SSSR count). The van der Waals surface area contributed by atoms with Crippen molar-refractivity contribution in [2.24, 2.45) is 0 Å². The van der Waals surface area contributed by atoms with Gasteiger partial charge < -0.3 is 0 Å². The Balaban J connectivity index is 2.44. The minimum absolute atomic E-state index is 1.19. The molecule has 0 atom stereocenters. The van der Waals surface area contributed by atoms with Gasteiger partial charge in [0.1, 0.15) is 0 Å². The summed E-state index contributed by atoms with van der Waals surface area (Å²) in [7, 11) is 0. The summed E-state index contributed by atoms with van der Waals surface area (Å²) in [6.07, 6.45) is 5.97. The zero-order valence-electron chi connectivity index (χ0n) is 7.55. The maximum Gasteiger partial charge on any atom is 0.0586 e.